The Hall–Kier alpha value is -1.61. The average Bonchev–Trinajstić information content (AvgIpc) is 3.25. The number of esters is 1. The van der Waals surface area contributed by atoms with Crippen LogP contribution in [0.25, 0.3) is 6.08 Å². The van der Waals surface area contributed by atoms with Crippen molar-refractivity contribution in [1.29, 1.82) is 0 Å². The molecule has 0 aliphatic carbocycles. The number of ketones is 1. The highest BCUT2D eigenvalue weighted by molar-refractivity contribution is 7.09. The molecule has 0 bridgehead atoms. The molecule has 8 heteroatoms. The second-order valence-corrected chi connectivity index (χ2v) is 11.6. The predicted octanol–water partition coefficient (Wildman–Crippen LogP) is 4.00. The molecule has 3 heterocycles. The van der Waals surface area contributed by atoms with Crippen LogP contribution in [0.15, 0.2) is 11.0 Å². The fraction of sp³-hybridized carbons (Fsp3) is 0.741. The van der Waals surface area contributed by atoms with Gasteiger partial charge in [0, 0.05) is 42.8 Å². The lowest BCUT2D eigenvalue weighted by atomic mass is 9.79. The lowest BCUT2D eigenvalue weighted by Gasteiger charge is -2.26. The van der Waals surface area contributed by atoms with E-state index in [1.165, 1.54) is 0 Å². The maximum atomic E-state index is 12.8. The molecular weight excluding hydrogens is 464 g/mol. The zero-order valence-corrected chi connectivity index (χ0v) is 22.6. The van der Waals surface area contributed by atoms with Gasteiger partial charge in [-0.3, -0.25) is 14.5 Å². The second kappa shape index (κ2) is 12.6. The SMILES string of the molecule is C/C(=C\c1csc(C)n1)[C@@H]1CC2[C@@H](CCC[C@H](C)[C@H](C)[C@@H](C)C(=O)C[C@@H](O)CC(=O)O1)[N@@]2CCO. The van der Waals surface area contributed by atoms with Crippen molar-refractivity contribution in [2.75, 3.05) is 13.2 Å². The molecule has 0 amide bonds. The summed E-state index contributed by atoms with van der Waals surface area (Å²) < 4.78 is 5.89. The van der Waals surface area contributed by atoms with Crippen molar-refractivity contribution in [3.63, 3.8) is 0 Å². The molecule has 0 radical (unpaired) electrons. The van der Waals surface area contributed by atoms with Crippen molar-refractivity contribution in [1.82, 2.24) is 9.88 Å². The lowest BCUT2D eigenvalue weighted by Crippen LogP contribution is -2.30. The highest BCUT2D eigenvalue weighted by Crippen LogP contribution is 2.38. The van der Waals surface area contributed by atoms with Gasteiger partial charge in [0.1, 0.15) is 11.9 Å². The zero-order valence-electron chi connectivity index (χ0n) is 21.8. The Morgan fingerprint density at radius 1 is 1.23 bits per heavy atom. The van der Waals surface area contributed by atoms with Crippen LogP contribution in [0.3, 0.4) is 0 Å². The van der Waals surface area contributed by atoms with E-state index in [2.05, 4.69) is 23.7 Å². The molecule has 1 aromatic heterocycles. The number of β-amino-alcohol motifs (C(OH)–C–C–N with tert-alkyl or cyclic N) is 1. The third kappa shape index (κ3) is 7.68. The molecule has 7 nitrogen and oxygen atoms in total. The quantitative estimate of drug-likeness (QED) is 0.470. The fourth-order valence-electron chi connectivity index (χ4n) is 5.40. The van der Waals surface area contributed by atoms with E-state index in [4.69, 9.17) is 4.74 Å². The summed E-state index contributed by atoms with van der Waals surface area (Å²) in [5, 5.41) is 23.0. The van der Waals surface area contributed by atoms with Crippen molar-refractivity contribution in [2.45, 2.75) is 97.4 Å². The molecule has 0 aromatic carbocycles. The molecule has 35 heavy (non-hydrogen) atoms. The van der Waals surface area contributed by atoms with E-state index in [0.29, 0.717) is 24.9 Å². The number of carbonyl (C=O) groups is 2. The van der Waals surface area contributed by atoms with Crippen LogP contribution in [-0.4, -0.2) is 69.3 Å². The van der Waals surface area contributed by atoms with E-state index in [-0.39, 0.29) is 43.1 Å². The Balaban J connectivity index is 1.81. The van der Waals surface area contributed by atoms with Gasteiger partial charge in [-0.15, -0.1) is 11.3 Å². The molecule has 2 N–H and O–H groups in total. The number of aryl methyl sites for hydroxylation is 1. The Labute approximate surface area is 213 Å². The van der Waals surface area contributed by atoms with E-state index in [0.717, 1.165) is 35.5 Å². The molecule has 2 fully saturated rings. The number of aliphatic hydroxyl groups is 2. The molecule has 8 atom stereocenters. The number of hydrogen-bond acceptors (Lipinski definition) is 8. The number of thiazole rings is 1. The molecule has 3 rings (SSSR count). The molecule has 0 saturated carbocycles. The first-order valence-corrected chi connectivity index (χ1v) is 13.9. The normalized spacial score (nSPS) is 35.9. The summed E-state index contributed by atoms with van der Waals surface area (Å²) >= 11 is 1.57. The number of cyclic esters (lactones) is 1. The number of hydrogen-bond donors (Lipinski definition) is 2. The standard InChI is InChI=1S/C27H42N2O5S/c1-16-7-6-8-23-24(29(23)9-10-30)14-26(17(2)11-21-15-35-20(5)28-21)34-27(33)13-22(31)12-25(32)19(4)18(16)3/h11,15-16,18-19,22-24,26,30-31H,6-10,12-14H2,1-5H3/b17-11+/t16-,18-,19+,22+,23+,24?,26-,29+/m0/s1. The molecule has 2 saturated heterocycles. The number of rotatable bonds is 4. The summed E-state index contributed by atoms with van der Waals surface area (Å²) in [6.07, 6.45) is 3.99. The summed E-state index contributed by atoms with van der Waals surface area (Å²) in [6, 6.07) is 0.601. The minimum absolute atomic E-state index is 0.000324. The van der Waals surface area contributed by atoms with Crippen LogP contribution in [0, 0.1) is 24.7 Å². The molecule has 196 valence electrons. The van der Waals surface area contributed by atoms with Gasteiger partial charge >= 0.3 is 5.97 Å². The second-order valence-electron chi connectivity index (χ2n) is 10.6. The topological polar surface area (TPSA) is 99.7 Å². The number of fused-ring (bicyclic) bond motifs is 1. The van der Waals surface area contributed by atoms with E-state index in [1.54, 1.807) is 11.3 Å². The molecule has 1 unspecified atom stereocenters. The first-order chi connectivity index (χ1) is 16.6. The Kier molecular flexibility index (Phi) is 10.0. The van der Waals surface area contributed by atoms with Gasteiger partial charge < -0.3 is 14.9 Å². The average molecular weight is 507 g/mol. The van der Waals surface area contributed by atoms with Crippen molar-refractivity contribution < 1.29 is 24.5 Å². The Morgan fingerprint density at radius 2 is 1.97 bits per heavy atom. The number of ether oxygens (including phenoxy) is 1. The van der Waals surface area contributed by atoms with E-state index >= 15 is 0 Å². The maximum absolute atomic E-state index is 12.8. The zero-order chi connectivity index (χ0) is 25.7. The Bertz CT molecular complexity index is 900. The van der Waals surface area contributed by atoms with Crippen molar-refractivity contribution >= 4 is 29.2 Å². The third-order valence-electron chi connectivity index (χ3n) is 8.01. The van der Waals surface area contributed by atoms with E-state index in [1.807, 2.05) is 32.2 Å². The van der Waals surface area contributed by atoms with Crippen LogP contribution in [-0.2, 0) is 14.3 Å². The number of aromatic nitrogens is 1. The summed E-state index contributed by atoms with van der Waals surface area (Å²) in [6.45, 7) is 10.9. The van der Waals surface area contributed by atoms with Crippen LogP contribution < -0.4 is 0 Å². The summed E-state index contributed by atoms with van der Waals surface area (Å²) in [5.74, 6) is -0.0524. The van der Waals surface area contributed by atoms with Crippen molar-refractivity contribution in [2.24, 2.45) is 17.8 Å². The van der Waals surface area contributed by atoms with Gasteiger partial charge in [0.25, 0.3) is 0 Å². The Morgan fingerprint density at radius 3 is 2.63 bits per heavy atom. The molecule has 1 aromatic rings. The number of Topliss-reactive ketones (excluding diaryl/α,β-unsaturated/α-hetero) is 1. The van der Waals surface area contributed by atoms with Gasteiger partial charge in [0.2, 0.25) is 0 Å². The van der Waals surface area contributed by atoms with Crippen LogP contribution >= 0.6 is 11.3 Å². The molecule has 2 aliphatic heterocycles. The monoisotopic (exact) mass is 506 g/mol. The van der Waals surface area contributed by atoms with Crippen molar-refractivity contribution in [3.05, 3.63) is 21.7 Å². The molecular formula is C27H42N2O5S. The molecule has 0 spiro atoms. The minimum atomic E-state index is -1.04. The molecule has 2 aliphatic rings. The van der Waals surface area contributed by atoms with Gasteiger partial charge in [-0.2, -0.15) is 0 Å². The van der Waals surface area contributed by atoms with E-state index < -0.39 is 18.2 Å². The highest BCUT2D eigenvalue weighted by Gasteiger charge is 2.47. The summed E-state index contributed by atoms with van der Waals surface area (Å²) in [4.78, 5) is 32.4. The largest absolute Gasteiger partial charge is 0.458 e. The van der Waals surface area contributed by atoms with E-state index in [9.17, 15) is 19.8 Å². The van der Waals surface area contributed by atoms with Crippen LogP contribution in [0.2, 0.25) is 0 Å². The first kappa shape index (κ1) is 28.0. The van der Waals surface area contributed by atoms with Gasteiger partial charge in [-0.05, 0) is 43.8 Å². The van der Waals surface area contributed by atoms with Crippen LogP contribution in [0.5, 0.6) is 0 Å². The first-order valence-electron chi connectivity index (χ1n) is 13.0. The number of carbonyl (C=O) groups excluding carboxylic acids is 2. The van der Waals surface area contributed by atoms with Crippen LogP contribution in [0.1, 0.15) is 76.9 Å². The predicted molar refractivity (Wildman–Crippen MR) is 138 cm³/mol. The van der Waals surface area contributed by atoms with Gasteiger partial charge in [0.15, 0.2) is 0 Å². The van der Waals surface area contributed by atoms with Crippen LogP contribution in [0.4, 0.5) is 0 Å². The van der Waals surface area contributed by atoms with Gasteiger partial charge in [-0.25, -0.2) is 4.98 Å². The summed E-state index contributed by atoms with van der Waals surface area (Å²) in [5.41, 5.74) is 1.75. The maximum Gasteiger partial charge on any atom is 0.309 e. The lowest BCUT2D eigenvalue weighted by molar-refractivity contribution is -0.150. The highest BCUT2D eigenvalue weighted by atomic mass is 32.1. The smallest absolute Gasteiger partial charge is 0.309 e. The number of nitrogens with zero attached hydrogens (tertiary/aromatic N) is 2. The third-order valence-corrected chi connectivity index (χ3v) is 8.80. The van der Waals surface area contributed by atoms with Gasteiger partial charge in [0.05, 0.1) is 29.8 Å². The summed E-state index contributed by atoms with van der Waals surface area (Å²) in [7, 11) is 0. The fourth-order valence-corrected chi connectivity index (χ4v) is 5.97. The van der Waals surface area contributed by atoms with Gasteiger partial charge in [-0.1, -0.05) is 33.6 Å². The van der Waals surface area contributed by atoms with Crippen molar-refractivity contribution in [3.8, 4) is 0 Å². The minimum Gasteiger partial charge on any atom is -0.458 e. The number of aliphatic hydroxyl groups excluding tert-OH is 2.